The first-order valence-electron chi connectivity index (χ1n) is 9.66. The monoisotopic (exact) mass is 370 g/mol. The van der Waals surface area contributed by atoms with Gasteiger partial charge in [-0.1, -0.05) is 31.6 Å². The Labute approximate surface area is 161 Å². The fourth-order valence-electron chi connectivity index (χ4n) is 4.00. The average molecular weight is 370 g/mol. The van der Waals surface area contributed by atoms with Crippen molar-refractivity contribution in [2.45, 2.75) is 34.6 Å². The Morgan fingerprint density at radius 2 is 1.89 bits per heavy atom. The predicted molar refractivity (Wildman–Crippen MR) is 107 cm³/mol. The molecule has 1 aliphatic heterocycles. The Morgan fingerprint density at radius 1 is 1.22 bits per heavy atom. The molecule has 0 spiro atoms. The highest BCUT2D eigenvalue weighted by molar-refractivity contribution is 6.00. The summed E-state index contributed by atoms with van der Waals surface area (Å²) < 4.78 is 5.33. The molecule has 1 saturated heterocycles. The Kier molecular flexibility index (Phi) is 5.43. The van der Waals surface area contributed by atoms with E-state index in [9.17, 15) is 9.59 Å². The zero-order valence-electron chi connectivity index (χ0n) is 17.0. The van der Waals surface area contributed by atoms with Crippen LogP contribution < -0.4 is 5.32 Å². The molecule has 1 aliphatic carbocycles. The molecule has 1 heterocycles. The van der Waals surface area contributed by atoms with Crippen molar-refractivity contribution >= 4 is 17.5 Å². The third kappa shape index (κ3) is 3.93. The van der Waals surface area contributed by atoms with Crippen molar-refractivity contribution < 1.29 is 14.3 Å². The van der Waals surface area contributed by atoms with Gasteiger partial charge in [0.1, 0.15) is 0 Å². The summed E-state index contributed by atoms with van der Waals surface area (Å²) in [4.78, 5) is 27.5. The van der Waals surface area contributed by atoms with Gasteiger partial charge in [-0.25, -0.2) is 0 Å². The minimum absolute atomic E-state index is 0.000989. The maximum absolute atomic E-state index is 12.9. The van der Waals surface area contributed by atoms with E-state index in [2.05, 4.69) is 39.1 Å². The highest BCUT2D eigenvalue weighted by Gasteiger charge is 2.60. The largest absolute Gasteiger partial charge is 0.378 e. The Hall–Kier alpha value is -2.14. The number of hydrogen-bond donors (Lipinski definition) is 1. The van der Waals surface area contributed by atoms with Gasteiger partial charge in [0.2, 0.25) is 5.91 Å². The molecule has 2 fully saturated rings. The molecule has 2 aliphatic rings. The Bertz CT molecular complexity index is 772. The quantitative estimate of drug-likeness (QED) is 0.823. The normalized spacial score (nSPS) is 23.5. The van der Waals surface area contributed by atoms with E-state index in [0.29, 0.717) is 31.9 Å². The number of anilines is 1. The second kappa shape index (κ2) is 7.47. The third-order valence-electron chi connectivity index (χ3n) is 5.83. The van der Waals surface area contributed by atoms with Gasteiger partial charge < -0.3 is 15.0 Å². The van der Waals surface area contributed by atoms with Crippen molar-refractivity contribution in [3.8, 4) is 0 Å². The lowest BCUT2D eigenvalue weighted by atomic mass is 10.0. The number of benzene rings is 1. The van der Waals surface area contributed by atoms with Crippen molar-refractivity contribution in [2.75, 3.05) is 31.6 Å². The number of allylic oxidation sites excluding steroid dienone is 2. The zero-order chi connectivity index (χ0) is 19.8. The number of hydrogen-bond acceptors (Lipinski definition) is 3. The zero-order valence-corrected chi connectivity index (χ0v) is 17.0. The number of nitrogens with zero attached hydrogens (tertiary/aromatic N) is 1. The van der Waals surface area contributed by atoms with E-state index < -0.39 is 0 Å². The van der Waals surface area contributed by atoms with Crippen LogP contribution in [0.5, 0.6) is 0 Å². The summed E-state index contributed by atoms with van der Waals surface area (Å²) in [5, 5.41) is 3.07. The number of carbonyl (C=O) groups is 2. The SMILES string of the molecule is CC(C)=C[C@H]1[C@@H](C(=O)Nc2cccc(C(=O)N3CCOCC3)c2C)C1(C)C. The number of amides is 2. The summed E-state index contributed by atoms with van der Waals surface area (Å²) in [6.07, 6.45) is 2.19. The van der Waals surface area contributed by atoms with E-state index in [1.807, 2.05) is 30.0 Å². The first kappa shape index (κ1) is 19.6. The lowest BCUT2D eigenvalue weighted by molar-refractivity contribution is -0.118. The number of morpholine rings is 1. The van der Waals surface area contributed by atoms with Gasteiger partial charge in [-0.15, -0.1) is 0 Å². The smallest absolute Gasteiger partial charge is 0.254 e. The second-order valence-electron chi connectivity index (χ2n) is 8.44. The average Bonchev–Trinajstić information content (AvgIpc) is 3.16. The molecule has 1 aromatic carbocycles. The van der Waals surface area contributed by atoms with Crippen LogP contribution in [0.2, 0.25) is 0 Å². The summed E-state index contributed by atoms with van der Waals surface area (Å²) in [5.74, 6) is 0.258. The van der Waals surface area contributed by atoms with Crippen LogP contribution in [0.4, 0.5) is 5.69 Å². The highest BCUT2D eigenvalue weighted by atomic mass is 16.5. The molecule has 0 bridgehead atoms. The fraction of sp³-hybridized carbons (Fsp3) is 0.545. The summed E-state index contributed by atoms with van der Waals surface area (Å²) in [6, 6.07) is 5.53. The Balaban J connectivity index is 1.75. The van der Waals surface area contributed by atoms with Gasteiger partial charge in [-0.2, -0.15) is 0 Å². The molecule has 3 rings (SSSR count). The summed E-state index contributed by atoms with van der Waals surface area (Å²) in [5.41, 5.74) is 3.39. The number of rotatable bonds is 4. The van der Waals surface area contributed by atoms with E-state index in [1.165, 1.54) is 5.57 Å². The predicted octanol–water partition coefficient (Wildman–Crippen LogP) is 3.64. The topological polar surface area (TPSA) is 58.6 Å². The molecule has 5 nitrogen and oxygen atoms in total. The van der Waals surface area contributed by atoms with Gasteiger partial charge in [-0.3, -0.25) is 9.59 Å². The number of ether oxygens (including phenoxy) is 1. The summed E-state index contributed by atoms with van der Waals surface area (Å²) in [6.45, 7) is 12.6. The minimum atomic E-state index is -0.0367. The maximum Gasteiger partial charge on any atom is 0.254 e. The van der Waals surface area contributed by atoms with Crippen molar-refractivity contribution in [2.24, 2.45) is 17.3 Å². The lowest BCUT2D eigenvalue weighted by Gasteiger charge is -2.27. The summed E-state index contributed by atoms with van der Waals surface area (Å²) >= 11 is 0. The van der Waals surface area contributed by atoms with Crippen LogP contribution in [0, 0.1) is 24.2 Å². The van der Waals surface area contributed by atoms with Gasteiger partial charge in [-0.05, 0) is 49.8 Å². The maximum atomic E-state index is 12.9. The third-order valence-corrected chi connectivity index (χ3v) is 5.83. The van der Waals surface area contributed by atoms with Crippen molar-refractivity contribution in [3.05, 3.63) is 41.0 Å². The second-order valence-corrected chi connectivity index (χ2v) is 8.44. The molecule has 5 heteroatoms. The van der Waals surface area contributed by atoms with E-state index in [1.54, 1.807) is 0 Å². The van der Waals surface area contributed by atoms with Gasteiger partial charge >= 0.3 is 0 Å². The molecule has 146 valence electrons. The van der Waals surface area contributed by atoms with Crippen LogP contribution in [0.3, 0.4) is 0 Å². The molecule has 1 aromatic rings. The number of nitrogens with one attached hydrogen (secondary N) is 1. The molecule has 1 saturated carbocycles. The van der Waals surface area contributed by atoms with Crippen molar-refractivity contribution in [1.29, 1.82) is 0 Å². The van der Waals surface area contributed by atoms with E-state index in [0.717, 1.165) is 11.3 Å². The van der Waals surface area contributed by atoms with Gasteiger partial charge in [0.05, 0.1) is 19.1 Å². The van der Waals surface area contributed by atoms with Crippen LogP contribution in [0.25, 0.3) is 0 Å². The molecular weight excluding hydrogens is 340 g/mol. The number of carbonyl (C=O) groups excluding carboxylic acids is 2. The van der Waals surface area contributed by atoms with Gasteiger partial charge in [0.15, 0.2) is 0 Å². The minimum Gasteiger partial charge on any atom is -0.378 e. The van der Waals surface area contributed by atoms with Gasteiger partial charge in [0.25, 0.3) is 5.91 Å². The van der Waals surface area contributed by atoms with E-state index in [4.69, 9.17) is 4.74 Å². The molecule has 2 atom stereocenters. The van der Waals surface area contributed by atoms with E-state index in [-0.39, 0.29) is 29.1 Å². The molecule has 1 N–H and O–H groups in total. The Morgan fingerprint density at radius 3 is 2.52 bits per heavy atom. The van der Waals surface area contributed by atoms with Crippen LogP contribution in [0.15, 0.2) is 29.8 Å². The standard InChI is InChI=1S/C22H30N2O3/c1-14(2)13-17-19(22(17,4)5)20(25)23-18-8-6-7-16(15(18)3)21(26)24-9-11-27-12-10-24/h6-8,13,17,19H,9-12H2,1-5H3,(H,23,25)/t17-,19-/m0/s1. The lowest BCUT2D eigenvalue weighted by Crippen LogP contribution is -2.41. The fourth-order valence-corrected chi connectivity index (χ4v) is 4.00. The molecule has 27 heavy (non-hydrogen) atoms. The molecule has 0 unspecified atom stereocenters. The van der Waals surface area contributed by atoms with Crippen LogP contribution in [0.1, 0.15) is 43.6 Å². The molecule has 0 aromatic heterocycles. The van der Waals surface area contributed by atoms with Crippen LogP contribution >= 0.6 is 0 Å². The molecule has 2 amide bonds. The van der Waals surface area contributed by atoms with Gasteiger partial charge in [0, 0.05) is 24.3 Å². The van der Waals surface area contributed by atoms with Crippen molar-refractivity contribution in [1.82, 2.24) is 4.90 Å². The first-order chi connectivity index (χ1) is 12.7. The van der Waals surface area contributed by atoms with Crippen LogP contribution in [-0.2, 0) is 9.53 Å². The highest BCUT2D eigenvalue weighted by Crippen LogP contribution is 2.59. The van der Waals surface area contributed by atoms with Crippen molar-refractivity contribution in [3.63, 3.8) is 0 Å². The molecule has 0 radical (unpaired) electrons. The molecular formula is C22H30N2O3. The van der Waals surface area contributed by atoms with Crippen LogP contribution in [-0.4, -0.2) is 43.0 Å². The summed E-state index contributed by atoms with van der Waals surface area (Å²) in [7, 11) is 0. The first-order valence-corrected chi connectivity index (χ1v) is 9.66. The van der Waals surface area contributed by atoms with E-state index >= 15 is 0 Å².